The Hall–Kier alpha value is -2.14. The van der Waals surface area contributed by atoms with Crippen molar-refractivity contribution in [1.82, 2.24) is 25.4 Å². The van der Waals surface area contributed by atoms with Crippen LogP contribution in [0, 0.1) is 5.82 Å². The van der Waals surface area contributed by atoms with Gasteiger partial charge in [-0.1, -0.05) is 22.0 Å². The predicted octanol–water partition coefficient (Wildman–Crippen LogP) is 1.37. The molecule has 3 heterocycles. The lowest BCUT2D eigenvalue weighted by atomic mass is 10.0. The number of rotatable bonds is 5. The maximum absolute atomic E-state index is 13.5. The van der Waals surface area contributed by atoms with Crippen LogP contribution in [0.1, 0.15) is 17.4 Å². The molecule has 1 unspecified atom stereocenters. The van der Waals surface area contributed by atoms with Crippen molar-refractivity contribution in [3.05, 3.63) is 58.0 Å². The van der Waals surface area contributed by atoms with Crippen molar-refractivity contribution < 1.29 is 14.2 Å². The highest BCUT2D eigenvalue weighted by Crippen LogP contribution is 2.30. The van der Waals surface area contributed by atoms with Gasteiger partial charge < -0.3 is 15.2 Å². The van der Waals surface area contributed by atoms with Crippen LogP contribution in [0.3, 0.4) is 0 Å². The molecule has 8 nitrogen and oxygen atoms in total. The zero-order valence-electron chi connectivity index (χ0n) is 15.0. The van der Waals surface area contributed by atoms with Gasteiger partial charge in [0.25, 0.3) is 0 Å². The summed E-state index contributed by atoms with van der Waals surface area (Å²) in [5.74, 6) is 0.795. The number of H-pyrrole nitrogens is 1. The highest BCUT2D eigenvalue weighted by molar-refractivity contribution is 9.10. The Labute approximate surface area is 169 Å². The molecule has 0 radical (unpaired) electrons. The third kappa shape index (κ3) is 4.30. The number of amidine groups is 1. The van der Waals surface area contributed by atoms with Crippen molar-refractivity contribution in [1.29, 1.82) is 0 Å². The zero-order valence-corrected chi connectivity index (χ0v) is 16.6. The third-order valence-corrected chi connectivity index (χ3v) is 5.33. The van der Waals surface area contributed by atoms with Crippen LogP contribution in [0.2, 0.25) is 0 Å². The number of hydrogen-bond acceptors (Lipinski definition) is 7. The molecular weight excluding hydrogens is 431 g/mol. The molecule has 10 heteroatoms. The summed E-state index contributed by atoms with van der Waals surface area (Å²) in [5.41, 5.74) is 1.80. The first-order valence-corrected chi connectivity index (χ1v) is 9.72. The van der Waals surface area contributed by atoms with Gasteiger partial charge in [0, 0.05) is 29.8 Å². The van der Waals surface area contributed by atoms with Crippen LogP contribution >= 0.6 is 15.9 Å². The minimum atomic E-state index is -0.309. The molecule has 0 saturated carbocycles. The third-order valence-electron chi connectivity index (χ3n) is 4.65. The van der Waals surface area contributed by atoms with Gasteiger partial charge in [-0.3, -0.25) is 15.0 Å². The summed E-state index contributed by atoms with van der Waals surface area (Å²) in [6.07, 6.45) is 3.26. The minimum absolute atomic E-state index is 0.00109. The van der Waals surface area contributed by atoms with Crippen LogP contribution in [0.5, 0.6) is 0 Å². The highest BCUT2D eigenvalue weighted by Gasteiger charge is 2.25. The van der Waals surface area contributed by atoms with Gasteiger partial charge >= 0.3 is 0 Å². The molecular formula is C18H20BrFN6O2. The van der Waals surface area contributed by atoms with Crippen molar-refractivity contribution in [3.63, 3.8) is 0 Å². The molecule has 3 N–H and O–H groups in total. The Morgan fingerprint density at radius 3 is 3.04 bits per heavy atom. The minimum Gasteiger partial charge on any atom is -0.394 e. The molecule has 1 aromatic heterocycles. The number of benzene rings is 1. The molecule has 1 aromatic carbocycles. The monoisotopic (exact) mass is 450 g/mol. The number of aliphatic hydroxyl groups excluding tert-OH is 1. The molecule has 2 aliphatic heterocycles. The summed E-state index contributed by atoms with van der Waals surface area (Å²) < 4.78 is 19.7. The Kier molecular flexibility index (Phi) is 5.81. The number of aliphatic hydroxyl groups is 1. The van der Waals surface area contributed by atoms with Gasteiger partial charge in [-0.05, 0) is 23.8 Å². The van der Waals surface area contributed by atoms with Crippen LogP contribution < -0.4 is 5.32 Å². The largest absolute Gasteiger partial charge is 0.394 e. The number of hydrogen-bond donors (Lipinski definition) is 3. The quantitative estimate of drug-likeness (QED) is 0.636. The molecule has 2 aromatic rings. The van der Waals surface area contributed by atoms with E-state index in [-0.39, 0.29) is 24.6 Å². The maximum Gasteiger partial charge on any atom is 0.191 e. The number of aromatic nitrogens is 3. The van der Waals surface area contributed by atoms with Gasteiger partial charge in [0.2, 0.25) is 0 Å². The summed E-state index contributed by atoms with van der Waals surface area (Å²) >= 11 is 3.44. The van der Waals surface area contributed by atoms with E-state index in [4.69, 9.17) is 9.73 Å². The van der Waals surface area contributed by atoms with Gasteiger partial charge in [0.05, 0.1) is 25.4 Å². The lowest BCUT2D eigenvalue weighted by Crippen LogP contribution is -2.46. The molecule has 0 spiro atoms. The molecule has 1 saturated heterocycles. The van der Waals surface area contributed by atoms with Crippen molar-refractivity contribution in [2.75, 3.05) is 32.8 Å². The van der Waals surface area contributed by atoms with E-state index in [0.717, 1.165) is 17.8 Å². The fourth-order valence-corrected chi connectivity index (χ4v) is 3.89. The zero-order chi connectivity index (χ0) is 19.5. The second-order valence-electron chi connectivity index (χ2n) is 6.65. The second kappa shape index (κ2) is 8.48. The summed E-state index contributed by atoms with van der Waals surface area (Å²) in [5, 5.41) is 19.4. The van der Waals surface area contributed by atoms with E-state index in [1.54, 1.807) is 6.07 Å². The standard InChI is InChI=1S/C18H20BrFN6O2/c19-15-5-11(20)1-2-14(15)16-6-12(7-26-3-4-28-13(8-26)9-27)23-18(24-16)17-21-10-22-25-17/h1-2,5-6,10,13,16,27H,3-4,7-9H2,(H,23,24)(H,21,22,25)/t13-,16?/m1/s1. The molecule has 0 amide bonds. The first kappa shape index (κ1) is 19.2. The van der Waals surface area contributed by atoms with Crippen LogP contribution in [0.25, 0.3) is 0 Å². The van der Waals surface area contributed by atoms with Gasteiger partial charge in [-0.15, -0.1) is 0 Å². The van der Waals surface area contributed by atoms with E-state index in [1.165, 1.54) is 18.5 Å². The summed E-state index contributed by atoms with van der Waals surface area (Å²) in [6, 6.07) is 4.28. The van der Waals surface area contributed by atoms with Crippen LogP contribution in [0.15, 0.2) is 45.8 Å². The Morgan fingerprint density at radius 2 is 2.29 bits per heavy atom. The normalized spacial score (nSPS) is 23.1. The van der Waals surface area contributed by atoms with Gasteiger partial charge in [0.1, 0.15) is 12.1 Å². The number of aliphatic imine (C=N–C) groups is 1. The van der Waals surface area contributed by atoms with E-state index in [1.807, 2.05) is 6.08 Å². The Balaban J connectivity index is 1.61. The lowest BCUT2D eigenvalue weighted by Gasteiger charge is -2.33. The van der Waals surface area contributed by atoms with E-state index < -0.39 is 0 Å². The van der Waals surface area contributed by atoms with Crippen LogP contribution in [0.4, 0.5) is 4.39 Å². The average molecular weight is 451 g/mol. The van der Waals surface area contributed by atoms with E-state index in [2.05, 4.69) is 41.3 Å². The number of halogens is 2. The summed E-state index contributed by atoms with van der Waals surface area (Å²) in [4.78, 5) is 11.1. The number of nitrogens with zero attached hydrogens (tertiary/aromatic N) is 4. The molecule has 148 valence electrons. The number of morpholine rings is 1. The summed E-state index contributed by atoms with van der Waals surface area (Å²) in [6.45, 7) is 2.64. The molecule has 2 atom stereocenters. The SMILES string of the molecule is OC[C@H]1CN(CC2=CC(c3ccc(F)cc3Br)N=C(c3ncn[nH]3)N2)CCO1. The van der Waals surface area contributed by atoms with Crippen molar-refractivity contribution >= 4 is 21.8 Å². The molecule has 28 heavy (non-hydrogen) atoms. The number of nitrogens with one attached hydrogen (secondary N) is 2. The van der Waals surface area contributed by atoms with E-state index in [0.29, 0.717) is 35.8 Å². The fraction of sp³-hybridized carbons (Fsp3) is 0.389. The topological polar surface area (TPSA) is 98.7 Å². The van der Waals surface area contributed by atoms with Crippen molar-refractivity contribution in [3.8, 4) is 0 Å². The number of ether oxygens (including phenoxy) is 1. The molecule has 1 fully saturated rings. The molecule has 0 aliphatic carbocycles. The van der Waals surface area contributed by atoms with Crippen LogP contribution in [-0.2, 0) is 4.74 Å². The molecule has 2 aliphatic rings. The average Bonchev–Trinajstić information content (AvgIpc) is 3.23. The number of aromatic amines is 1. The van der Waals surface area contributed by atoms with Crippen molar-refractivity contribution in [2.45, 2.75) is 12.1 Å². The maximum atomic E-state index is 13.5. The van der Waals surface area contributed by atoms with E-state index in [9.17, 15) is 9.50 Å². The lowest BCUT2D eigenvalue weighted by molar-refractivity contribution is -0.0503. The highest BCUT2D eigenvalue weighted by atomic mass is 79.9. The fourth-order valence-electron chi connectivity index (χ4n) is 3.30. The summed E-state index contributed by atoms with van der Waals surface area (Å²) in [7, 11) is 0. The predicted molar refractivity (Wildman–Crippen MR) is 104 cm³/mol. The van der Waals surface area contributed by atoms with Crippen LogP contribution in [-0.4, -0.2) is 70.0 Å². The van der Waals surface area contributed by atoms with Crippen molar-refractivity contribution in [2.24, 2.45) is 4.99 Å². The first-order valence-electron chi connectivity index (χ1n) is 8.93. The van der Waals surface area contributed by atoms with E-state index >= 15 is 0 Å². The molecule has 0 bridgehead atoms. The second-order valence-corrected chi connectivity index (χ2v) is 7.50. The smallest absolute Gasteiger partial charge is 0.191 e. The van der Waals surface area contributed by atoms with Gasteiger partial charge in [0.15, 0.2) is 11.7 Å². The van der Waals surface area contributed by atoms with Gasteiger partial charge in [-0.25, -0.2) is 9.37 Å². The Bertz CT molecular complexity index is 888. The van der Waals surface area contributed by atoms with Gasteiger partial charge in [-0.2, -0.15) is 5.10 Å². The first-order chi connectivity index (χ1) is 13.6. The molecule has 4 rings (SSSR count). The Morgan fingerprint density at radius 1 is 1.39 bits per heavy atom.